The molecule has 0 radical (unpaired) electrons. The van der Waals surface area contributed by atoms with Gasteiger partial charge in [0.05, 0.1) is 5.69 Å². The number of aromatic nitrogens is 5. The first-order valence-corrected chi connectivity index (χ1v) is 6.85. The molecule has 0 aromatic carbocycles. The zero-order valence-electron chi connectivity index (χ0n) is 12.2. The van der Waals surface area contributed by atoms with E-state index in [4.69, 9.17) is 0 Å². The molecule has 0 spiro atoms. The summed E-state index contributed by atoms with van der Waals surface area (Å²) < 4.78 is 3.72. The molecule has 0 amide bonds. The van der Waals surface area contributed by atoms with E-state index in [1.54, 1.807) is 12.5 Å². The van der Waals surface area contributed by atoms with Crippen LogP contribution in [-0.2, 0) is 20.1 Å². The van der Waals surface area contributed by atoms with Crippen molar-refractivity contribution in [2.24, 2.45) is 7.05 Å². The van der Waals surface area contributed by atoms with Gasteiger partial charge in [-0.3, -0.25) is 9.25 Å². The van der Waals surface area contributed by atoms with Crippen molar-refractivity contribution in [3.63, 3.8) is 0 Å². The minimum absolute atomic E-state index is 0.760. The molecule has 0 aliphatic rings. The molecule has 0 atom stereocenters. The number of pyridine rings is 1. The lowest BCUT2D eigenvalue weighted by Crippen LogP contribution is -2.14. The summed E-state index contributed by atoms with van der Waals surface area (Å²) in [5.41, 5.74) is 3.44. The molecule has 0 saturated heterocycles. The highest BCUT2D eigenvalue weighted by Gasteiger charge is 2.03. The van der Waals surface area contributed by atoms with Crippen LogP contribution in [0.5, 0.6) is 0 Å². The summed E-state index contributed by atoms with van der Waals surface area (Å²) in [6.45, 7) is 3.61. The minimum Gasteiger partial charge on any atom is -0.307 e. The Hall–Kier alpha value is -2.47. The second-order valence-corrected chi connectivity index (χ2v) is 5.03. The van der Waals surface area contributed by atoms with Gasteiger partial charge in [-0.25, -0.2) is 9.97 Å². The van der Waals surface area contributed by atoms with Crippen molar-refractivity contribution >= 4 is 0 Å². The normalized spacial score (nSPS) is 11.0. The molecule has 3 aromatic heterocycles. The van der Waals surface area contributed by atoms with Crippen LogP contribution in [0.3, 0.4) is 0 Å². The first-order valence-electron chi connectivity index (χ1n) is 6.85. The van der Waals surface area contributed by atoms with Gasteiger partial charge in [0.15, 0.2) is 0 Å². The van der Waals surface area contributed by atoms with E-state index in [1.165, 1.54) is 5.56 Å². The van der Waals surface area contributed by atoms with E-state index in [1.807, 2.05) is 41.0 Å². The topological polar surface area (TPSA) is 60.6 Å². The van der Waals surface area contributed by atoms with Crippen LogP contribution < -0.4 is 5.32 Å². The van der Waals surface area contributed by atoms with Crippen molar-refractivity contribution in [3.05, 3.63) is 60.1 Å². The standard InChI is InChI=1S/C15H18N6/c1-12-10-20(2)19-14(12)9-17-7-13-3-4-15(18-8-13)21-6-5-16-11-21/h3-6,8,10-11,17H,7,9H2,1-2H3. The molecule has 0 fully saturated rings. The van der Waals surface area contributed by atoms with Gasteiger partial charge in [0, 0.05) is 44.9 Å². The molecular formula is C15H18N6. The Morgan fingerprint density at radius 3 is 2.76 bits per heavy atom. The van der Waals surface area contributed by atoms with Crippen molar-refractivity contribution in [2.75, 3.05) is 0 Å². The molecule has 6 nitrogen and oxygen atoms in total. The number of rotatable bonds is 5. The fourth-order valence-electron chi connectivity index (χ4n) is 2.22. The predicted octanol–water partition coefficient (Wildman–Crippen LogP) is 1.60. The molecule has 21 heavy (non-hydrogen) atoms. The van der Waals surface area contributed by atoms with Crippen LogP contribution >= 0.6 is 0 Å². The van der Waals surface area contributed by atoms with E-state index in [-0.39, 0.29) is 0 Å². The average Bonchev–Trinajstić information content (AvgIpc) is 3.10. The minimum atomic E-state index is 0.760. The summed E-state index contributed by atoms with van der Waals surface area (Å²) in [6.07, 6.45) is 9.27. The van der Waals surface area contributed by atoms with Crippen molar-refractivity contribution in [1.82, 2.24) is 29.6 Å². The highest BCUT2D eigenvalue weighted by atomic mass is 15.3. The summed E-state index contributed by atoms with van der Waals surface area (Å²) in [7, 11) is 1.94. The van der Waals surface area contributed by atoms with Gasteiger partial charge < -0.3 is 5.32 Å². The highest BCUT2D eigenvalue weighted by molar-refractivity contribution is 5.25. The first-order chi connectivity index (χ1) is 10.2. The van der Waals surface area contributed by atoms with Crippen molar-refractivity contribution in [2.45, 2.75) is 20.0 Å². The summed E-state index contributed by atoms with van der Waals surface area (Å²) in [5, 5.41) is 7.81. The van der Waals surface area contributed by atoms with Gasteiger partial charge in [0.2, 0.25) is 0 Å². The Kier molecular flexibility index (Phi) is 3.79. The van der Waals surface area contributed by atoms with Gasteiger partial charge in [-0.2, -0.15) is 5.10 Å². The predicted molar refractivity (Wildman–Crippen MR) is 79.8 cm³/mol. The van der Waals surface area contributed by atoms with E-state index in [0.717, 1.165) is 30.2 Å². The number of hydrogen-bond donors (Lipinski definition) is 1. The van der Waals surface area contributed by atoms with Crippen molar-refractivity contribution in [3.8, 4) is 5.82 Å². The second kappa shape index (κ2) is 5.88. The van der Waals surface area contributed by atoms with E-state index in [0.29, 0.717) is 0 Å². The number of nitrogens with one attached hydrogen (secondary N) is 1. The van der Waals surface area contributed by atoms with Crippen molar-refractivity contribution < 1.29 is 0 Å². The molecule has 0 saturated carbocycles. The lowest BCUT2D eigenvalue weighted by Gasteiger charge is -2.05. The van der Waals surface area contributed by atoms with Crippen LogP contribution in [0.15, 0.2) is 43.2 Å². The third kappa shape index (κ3) is 3.17. The fourth-order valence-corrected chi connectivity index (χ4v) is 2.22. The van der Waals surface area contributed by atoms with Crippen LogP contribution in [-0.4, -0.2) is 24.3 Å². The monoisotopic (exact) mass is 282 g/mol. The van der Waals surface area contributed by atoms with E-state index in [9.17, 15) is 0 Å². The average molecular weight is 282 g/mol. The number of nitrogens with zero attached hydrogens (tertiary/aromatic N) is 5. The number of hydrogen-bond acceptors (Lipinski definition) is 4. The molecule has 3 heterocycles. The van der Waals surface area contributed by atoms with Gasteiger partial charge in [0.1, 0.15) is 12.1 Å². The zero-order chi connectivity index (χ0) is 14.7. The van der Waals surface area contributed by atoms with Crippen LogP contribution in [0.1, 0.15) is 16.8 Å². The van der Waals surface area contributed by atoms with Crippen LogP contribution in [0, 0.1) is 6.92 Å². The lowest BCUT2D eigenvalue weighted by molar-refractivity contribution is 0.653. The molecule has 3 aromatic rings. The Morgan fingerprint density at radius 1 is 1.24 bits per heavy atom. The maximum Gasteiger partial charge on any atom is 0.137 e. The maximum atomic E-state index is 4.43. The summed E-state index contributed by atoms with van der Waals surface area (Å²) >= 11 is 0. The molecule has 3 rings (SSSR count). The summed E-state index contributed by atoms with van der Waals surface area (Å²) in [4.78, 5) is 8.45. The third-order valence-corrected chi connectivity index (χ3v) is 3.31. The SMILES string of the molecule is Cc1cn(C)nc1CNCc1ccc(-n2ccnc2)nc1. The molecule has 0 unspecified atom stereocenters. The number of aryl methyl sites for hydroxylation is 2. The molecule has 108 valence electrons. The van der Waals surface area contributed by atoms with E-state index >= 15 is 0 Å². The molecule has 0 bridgehead atoms. The van der Waals surface area contributed by atoms with Gasteiger partial charge in [-0.15, -0.1) is 0 Å². The summed E-state index contributed by atoms with van der Waals surface area (Å²) in [5.74, 6) is 0.872. The molecule has 0 aliphatic heterocycles. The molecular weight excluding hydrogens is 264 g/mol. The Balaban J connectivity index is 1.57. The van der Waals surface area contributed by atoms with Gasteiger partial charge in [-0.05, 0) is 24.1 Å². The first kappa shape index (κ1) is 13.5. The van der Waals surface area contributed by atoms with Gasteiger partial charge in [-0.1, -0.05) is 6.07 Å². The second-order valence-electron chi connectivity index (χ2n) is 5.03. The zero-order valence-corrected chi connectivity index (χ0v) is 12.2. The van der Waals surface area contributed by atoms with Gasteiger partial charge in [0.25, 0.3) is 0 Å². The van der Waals surface area contributed by atoms with E-state index < -0.39 is 0 Å². The largest absolute Gasteiger partial charge is 0.307 e. The van der Waals surface area contributed by atoms with Gasteiger partial charge >= 0.3 is 0 Å². The van der Waals surface area contributed by atoms with Crippen molar-refractivity contribution in [1.29, 1.82) is 0 Å². The lowest BCUT2D eigenvalue weighted by atomic mass is 10.2. The van der Waals surface area contributed by atoms with Crippen LogP contribution in [0.2, 0.25) is 0 Å². The van der Waals surface area contributed by atoms with E-state index in [2.05, 4.69) is 33.4 Å². The molecule has 0 aliphatic carbocycles. The quantitative estimate of drug-likeness (QED) is 0.772. The maximum absolute atomic E-state index is 4.43. The molecule has 6 heteroatoms. The highest BCUT2D eigenvalue weighted by Crippen LogP contribution is 2.07. The van der Waals surface area contributed by atoms with Crippen LogP contribution in [0.4, 0.5) is 0 Å². The fraction of sp³-hybridized carbons (Fsp3) is 0.267. The smallest absolute Gasteiger partial charge is 0.137 e. The summed E-state index contributed by atoms with van der Waals surface area (Å²) in [6, 6.07) is 4.06. The van der Waals surface area contributed by atoms with Crippen LogP contribution in [0.25, 0.3) is 5.82 Å². The number of imidazole rings is 1. The third-order valence-electron chi connectivity index (χ3n) is 3.31. The Morgan fingerprint density at radius 2 is 2.14 bits per heavy atom. The Bertz CT molecular complexity index is 696. The Labute approximate surface area is 123 Å². The molecule has 1 N–H and O–H groups in total.